The Kier molecular flexibility index (Phi) is 3.41. The van der Waals surface area contributed by atoms with E-state index in [0.717, 1.165) is 5.56 Å². The van der Waals surface area contributed by atoms with Crippen molar-refractivity contribution < 1.29 is 9.90 Å². The van der Waals surface area contributed by atoms with Crippen molar-refractivity contribution in [3.63, 3.8) is 0 Å². The normalized spacial score (nSPS) is 10.7. The number of amides is 1. The van der Waals surface area contributed by atoms with Gasteiger partial charge in [0.15, 0.2) is 10.8 Å². The molecule has 106 valence electrons. The molecule has 1 aromatic carbocycles. The molecule has 3 aromatic rings. The minimum absolute atomic E-state index is 0.100. The van der Waals surface area contributed by atoms with Gasteiger partial charge in [-0.1, -0.05) is 23.7 Å². The predicted octanol–water partition coefficient (Wildman–Crippen LogP) is 1.89. The molecule has 0 fully saturated rings. The van der Waals surface area contributed by atoms with Gasteiger partial charge in [-0.2, -0.15) is 9.97 Å². The number of aromatic amines is 1. The minimum Gasteiger partial charge on any atom is -0.508 e. The van der Waals surface area contributed by atoms with E-state index < -0.39 is 0 Å². The Balaban J connectivity index is 1.75. The Hall–Kier alpha value is -2.67. The summed E-state index contributed by atoms with van der Waals surface area (Å²) in [6.45, 7) is 0. The number of phenolic OH excluding ortho intramolecular Hbond substituents is 1. The largest absolute Gasteiger partial charge is 0.508 e. The highest BCUT2D eigenvalue weighted by Gasteiger charge is 2.11. The van der Waals surface area contributed by atoms with Crippen LogP contribution in [-0.4, -0.2) is 30.9 Å². The summed E-state index contributed by atoms with van der Waals surface area (Å²) in [7, 11) is 0. The van der Waals surface area contributed by atoms with Crippen LogP contribution in [0.5, 0.6) is 5.75 Å². The molecular weight excluding hydrogens is 294 g/mol. The monoisotopic (exact) mass is 303 g/mol. The van der Waals surface area contributed by atoms with Crippen molar-refractivity contribution in [2.24, 2.45) is 0 Å². The molecule has 7 nitrogen and oxygen atoms in total. The second-order valence-corrected chi connectivity index (χ2v) is 4.69. The number of halogens is 1. The lowest BCUT2D eigenvalue weighted by molar-refractivity contribution is -0.115. The van der Waals surface area contributed by atoms with E-state index in [1.54, 1.807) is 12.1 Å². The van der Waals surface area contributed by atoms with Crippen molar-refractivity contribution >= 4 is 34.6 Å². The first-order valence-electron chi connectivity index (χ1n) is 6.06. The molecule has 0 saturated carbocycles. The van der Waals surface area contributed by atoms with Crippen molar-refractivity contribution in [2.75, 3.05) is 5.32 Å². The lowest BCUT2D eigenvalue weighted by atomic mass is 10.1. The molecule has 0 aliphatic carbocycles. The number of carbonyl (C=O) groups is 1. The number of benzene rings is 1. The zero-order valence-electron chi connectivity index (χ0n) is 10.7. The highest BCUT2D eigenvalue weighted by molar-refractivity contribution is 6.33. The van der Waals surface area contributed by atoms with E-state index >= 15 is 0 Å². The van der Waals surface area contributed by atoms with Gasteiger partial charge < -0.3 is 10.1 Å². The van der Waals surface area contributed by atoms with Gasteiger partial charge in [0.1, 0.15) is 11.3 Å². The van der Waals surface area contributed by atoms with Gasteiger partial charge in [-0.15, -0.1) is 0 Å². The SMILES string of the molecule is O=C(Cc1ccc(O)cc1)Nc1nc(Cl)c2[nH]cnc2n1. The molecule has 0 spiro atoms. The fourth-order valence-corrected chi connectivity index (χ4v) is 2.04. The first-order valence-corrected chi connectivity index (χ1v) is 6.44. The molecule has 1 amide bonds. The summed E-state index contributed by atoms with van der Waals surface area (Å²) in [5.41, 5.74) is 1.67. The minimum atomic E-state index is -0.286. The number of hydrogen-bond acceptors (Lipinski definition) is 5. The van der Waals surface area contributed by atoms with Crippen molar-refractivity contribution in [2.45, 2.75) is 6.42 Å². The fourth-order valence-electron chi connectivity index (χ4n) is 1.82. The van der Waals surface area contributed by atoms with Crippen LogP contribution in [-0.2, 0) is 11.2 Å². The number of nitrogens with one attached hydrogen (secondary N) is 2. The third kappa shape index (κ3) is 2.92. The Morgan fingerprint density at radius 2 is 2.05 bits per heavy atom. The molecule has 3 N–H and O–H groups in total. The molecule has 0 saturated heterocycles. The summed E-state index contributed by atoms with van der Waals surface area (Å²) >= 11 is 5.96. The van der Waals surface area contributed by atoms with Crippen molar-refractivity contribution in [1.29, 1.82) is 0 Å². The number of aromatic nitrogens is 4. The highest BCUT2D eigenvalue weighted by Crippen LogP contribution is 2.18. The fraction of sp³-hybridized carbons (Fsp3) is 0.0769. The Labute approximate surface area is 124 Å². The van der Waals surface area contributed by atoms with E-state index in [2.05, 4.69) is 25.3 Å². The maximum Gasteiger partial charge on any atom is 0.233 e. The number of hydrogen-bond donors (Lipinski definition) is 3. The van der Waals surface area contributed by atoms with Crippen molar-refractivity contribution in [3.8, 4) is 5.75 Å². The summed E-state index contributed by atoms with van der Waals surface area (Å²) in [4.78, 5) is 26.8. The Bertz CT molecular complexity index is 800. The van der Waals surface area contributed by atoms with Crippen LogP contribution in [0.4, 0.5) is 5.95 Å². The summed E-state index contributed by atoms with van der Waals surface area (Å²) in [6.07, 6.45) is 1.59. The van der Waals surface area contributed by atoms with Gasteiger partial charge in [0.2, 0.25) is 11.9 Å². The second kappa shape index (κ2) is 5.37. The average molecular weight is 304 g/mol. The zero-order valence-corrected chi connectivity index (χ0v) is 11.4. The lowest BCUT2D eigenvalue weighted by Gasteiger charge is -2.04. The van der Waals surface area contributed by atoms with Crippen molar-refractivity contribution in [3.05, 3.63) is 41.3 Å². The summed E-state index contributed by atoms with van der Waals surface area (Å²) < 4.78 is 0. The van der Waals surface area contributed by atoms with E-state index in [1.165, 1.54) is 18.5 Å². The maximum atomic E-state index is 11.9. The Morgan fingerprint density at radius 1 is 1.29 bits per heavy atom. The quantitative estimate of drug-likeness (QED) is 0.641. The smallest absolute Gasteiger partial charge is 0.233 e. The average Bonchev–Trinajstić information content (AvgIpc) is 2.90. The van der Waals surface area contributed by atoms with Crippen LogP contribution in [0.3, 0.4) is 0 Å². The van der Waals surface area contributed by atoms with Gasteiger partial charge in [0, 0.05) is 0 Å². The molecule has 3 rings (SSSR count). The number of anilines is 1. The van der Waals surface area contributed by atoms with Gasteiger partial charge in [-0.25, -0.2) is 4.98 Å². The third-order valence-electron chi connectivity index (χ3n) is 2.79. The topological polar surface area (TPSA) is 104 Å². The van der Waals surface area contributed by atoms with Crippen LogP contribution in [0.1, 0.15) is 5.56 Å². The van der Waals surface area contributed by atoms with Gasteiger partial charge >= 0.3 is 0 Å². The number of rotatable bonds is 3. The number of fused-ring (bicyclic) bond motifs is 1. The molecule has 2 heterocycles. The molecule has 0 aliphatic heterocycles. The molecular formula is C13H10ClN5O2. The second-order valence-electron chi connectivity index (χ2n) is 4.33. The first kappa shape index (κ1) is 13.3. The highest BCUT2D eigenvalue weighted by atomic mass is 35.5. The number of H-pyrrole nitrogens is 1. The Morgan fingerprint density at radius 3 is 2.81 bits per heavy atom. The summed E-state index contributed by atoms with van der Waals surface area (Å²) in [5, 5.41) is 11.9. The summed E-state index contributed by atoms with van der Waals surface area (Å²) in [5.74, 6) is -0.0340. The molecule has 0 aliphatic rings. The van der Waals surface area contributed by atoms with Crippen LogP contribution >= 0.6 is 11.6 Å². The van der Waals surface area contributed by atoms with E-state index in [0.29, 0.717) is 11.2 Å². The van der Waals surface area contributed by atoms with Gasteiger partial charge in [-0.3, -0.25) is 10.1 Å². The molecule has 0 bridgehead atoms. The number of carbonyl (C=O) groups excluding carboxylic acids is 1. The molecule has 0 radical (unpaired) electrons. The number of imidazole rings is 1. The van der Waals surface area contributed by atoms with Crippen LogP contribution in [0.25, 0.3) is 11.2 Å². The van der Waals surface area contributed by atoms with Crippen LogP contribution in [0.2, 0.25) is 5.15 Å². The van der Waals surface area contributed by atoms with E-state index in [1.807, 2.05) is 0 Å². The summed E-state index contributed by atoms with van der Waals surface area (Å²) in [6, 6.07) is 6.37. The lowest BCUT2D eigenvalue weighted by Crippen LogP contribution is -2.16. The number of nitrogens with zero attached hydrogens (tertiary/aromatic N) is 3. The maximum absolute atomic E-state index is 11.9. The molecule has 0 atom stereocenters. The van der Waals surface area contributed by atoms with E-state index in [-0.39, 0.29) is 29.2 Å². The first-order chi connectivity index (χ1) is 10.1. The van der Waals surface area contributed by atoms with E-state index in [9.17, 15) is 9.90 Å². The van der Waals surface area contributed by atoms with Crippen molar-refractivity contribution in [1.82, 2.24) is 19.9 Å². The van der Waals surface area contributed by atoms with Gasteiger partial charge in [0.25, 0.3) is 0 Å². The standard InChI is InChI=1S/C13H10ClN5O2/c14-11-10-12(16-6-15-10)19-13(18-11)17-9(21)5-7-1-3-8(20)4-2-7/h1-4,6,20H,5H2,(H2,15,16,17,18,19,21). The predicted molar refractivity (Wildman–Crippen MR) is 77.1 cm³/mol. The molecule has 0 unspecified atom stereocenters. The number of aromatic hydroxyl groups is 1. The molecule has 8 heteroatoms. The van der Waals surface area contributed by atoms with Gasteiger partial charge in [-0.05, 0) is 17.7 Å². The van der Waals surface area contributed by atoms with Crippen LogP contribution < -0.4 is 5.32 Å². The van der Waals surface area contributed by atoms with E-state index in [4.69, 9.17) is 11.6 Å². The van der Waals surface area contributed by atoms with Crippen LogP contribution in [0, 0.1) is 0 Å². The zero-order chi connectivity index (χ0) is 14.8. The third-order valence-corrected chi connectivity index (χ3v) is 3.07. The number of phenols is 1. The molecule has 2 aromatic heterocycles. The van der Waals surface area contributed by atoms with Gasteiger partial charge in [0.05, 0.1) is 12.7 Å². The molecule has 21 heavy (non-hydrogen) atoms. The van der Waals surface area contributed by atoms with Crippen LogP contribution in [0.15, 0.2) is 30.6 Å².